The van der Waals surface area contributed by atoms with Crippen LogP contribution < -0.4 is 10.7 Å². The zero-order valence-electron chi connectivity index (χ0n) is 12.4. The van der Waals surface area contributed by atoms with Gasteiger partial charge in [-0.05, 0) is 18.2 Å². The van der Waals surface area contributed by atoms with Crippen LogP contribution in [-0.4, -0.2) is 23.7 Å². The van der Waals surface area contributed by atoms with Crippen molar-refractivity contribution in [1.82, 2.24) is 10.4 Å². The van der Waals surface area contributed by atoms with Gasteiger partial charge in [-0.15, -0.1) is 0 Å². The number of hydrogen-bond donors (Lipinski definition) is 2. The number of aromatic nitrogens is 1. The second-order valence-corrected chi connectivity index (χ2v) is 5.56. The van der Waals surface area contributed by atoms with Crippen LogP contribution in [0.25, 0.3) is 0 Å². The van der Waals surface area contributed by atoms with Gasteiger partial charge >= 0.3 is 6.18 Å². The summed E-state index contributed by atoms with van der Waals surface area (Å²) in [5, 5.41) is 6.79. The van der Waals surface area contributed by atoms with Crippen LogP contribution in [0, 0.1) is 0 Å². The number of hydrazone groups is 1. The van der Waals surface area contributed by atoms with Gasteiger partial charge in [-0.2, -0.15) is 18.3 Å². The first-order valence-corrected chi connectivity index (χ1v) is 7.55. The van der Waals surface area contributed by atoms with Gasteiger partial charge in [0.2, 0.25) is 0 Å². The maximum Gasteiger partial charge on any atom is 0.416 e. The molecule has 0 spiro atoms. The molecule has 0 unspecified atom stereocenters. The molecule has 0 bridgehead atoms. The van der Waals surface area contributed by atoms with Crippen molar-refractivity contribution in [3.63, 3.8) is 0 Å². The molecule has 2 N–H and O–H groups in total. The Bertz CT molecular complexity index is 776. The quantitative estimate of drug-likeness (QED) is 0.599. The molecule has 0 fully saturated rings. The molecule has 0 saturated carbocycles. The first kappa shape index (κ1) is 19.0. The van der Waals surface area contributed by atoms with E-state index in [0.29, 0.717) is 5.56 Å². The first-order valence-electron chi connectivity index (χ1n) is 6.79. The lowest BCUT2D eigenvalue weighted by Crippen LogP contribution is -2.26. The van der Waals surface area contributed by atoms with E-state index in [0.717, 1.165) is 12.1 Å². The molecule has 2 aromatic rings. The largest absolute Gasteiger partial charge is 0.416 e. The van der Waals surface area contributed by atoms with Gasteiger partial charge in [0.05, 0.1) is 28.4 Å². The number of halogens is 5. The summed E-state index contributed by atoms with van der Waals surface area (Å²) in [6, 6.07) is 4.52. The number of pyridine rings is 1. The van der Waals surface area contributed by atoms with E-state index in [-0.39, 0.29) is 22.3 Å². The van der Waals surface area contributed by atoms with Crippen LogP contribution in [0.3, 0.4) is 0 Å². The third kappa shape index (κ3) is 5.61. The highest BCUT2D eigenvalue weighted by atomic mass is 35.5. The van der Waals surface area contributed by atoms with Crippen LogP contribution in [0.5, 0.6) is 0 Å². The summed E-state index contributed by atoms with van der Waals surface area (Å²) >= 11 is 11.8. The van der Waals surface area contributed by atoms with E-state index in [2.05, 4.69) is 20.8 Å². The normalized spacial score (nSPS) is 11.6. The smallest absolute Gasteiger partial charge is 0.376 e. The molecule has 2 rings (SSSR count). The van der Waals surface area contributed by atoms with Gasteiger partial charge in [-0.25, -0.2) is 5.43 Å². The van der Waals surface area contributed by atoms with Crippen LogP contribution in [0.2, 0.25) is 10.0 Å². The lowest BCUT2D eigenvalue weighted by molar-refractivity contribution is -0.137. The van der Waals surface area contributed by atoms with Crippen molar-refractivity contribution < 1.29 is 18.0 Å². The van der Waals surface area contributed by atoms with Crippen molar-refractivity contribution in [2.75, 3.05) is 11.9 Å². The molecule has 0 aliphatic carbocycles. The fraction of sp³-hybridized carbons (Fsp3) is 0.133. The molecule has 25 heavy (non-hydrogen) atoms. The van der Waals surface area contributed by atoms with Gasteiger partial charge < -0.3 is 5.32 Å². The Hall–Kier alpha value is -2.32. The highest BCUT2D eigenvalue weighted by Crippen LogP contribution is 2.30. The molecule has 10 heteroatoms. The van der Waals surface area contributed by atoms with Gasteiger partial charge in [0.15, 0.2) is 0 Å². The van der Waals surface area contributed by atoms with E-state index in [9.17, 15) is 18.0 Å². The predicted octanol–water partition coefficient (Wildman–Crippen LogP) is 3.97. The Balaban J connectivity index is 1.90. The van der Waals surface area contributed by atoms with E-state index in [1.807, 2.05) is 0 Å². The third-order valence-electron chi connectivity index (χ3n) is 2.92. The number of nitrogens with one attached hydrogen (secondary N) is 2. The first-order chi connectivity index (χ1) is 11.8. The minimum atomic E-state index is -4.45. The van der Waals surface area contributed by atoms with Crippen LogP contribution in [0.4, 0.5) is 18.9 Å². The Morgan fingerprint density at radius 1 is 1.24 bits per heavy atom. The highest BCUT2D eigenvalue weighted by Gasteiger charge is 2.30. The minimum absolute atomic E-state index is 0.161. The lowest BCUT2D eigenvalue weighted by atomic mass is 10.2. The second-order valence-electron chi connectivity index (χ2n) is 4.74. The number of alkyl halides is 3. The van der Waals surface area contributed by atoms with Gasteiger partial charge in [-0.3, -0.25) is 9.78 Å². The molecule has 5 nitrogen and oxygen atoms in total. The Morgan fingerprint density at radius 3 is 2.56 bits per heavy atom. The number of carbonyl (C=O) groups excluding carboxylic acids is 1. The van der Waals surface area contributed by atoms with E-state index < -0.39 is 17.6 Å². The summed E-state index contributed by atoms with van der Waals surface area (Å²) in [6.45, 7) is -0.267. The molecule has 0 aliphatic rings. The van der Waals surface area contributed by atoms with Crippen molar-refractivity contribution in [2.24, 2.45) is 5.10 Å². The third-order valence-corrected chi connectivity index (χ3v) is 3.52. The van der Waals surface area contributed by atoms with Crippen molar-refractivity contribution >= 4 is 41.0 Å². The van der Waals surface area contributed by atoms with Crippen LogP contribution in [0.1, 0.15) is 11.1 Å². The van der Waals surface area contributed by atoms with E-state index >= 15 is 0 Å². The molecule has 0 aliphatic heterocycles. The summed E-state index contributed by atoms with van der Waals surface area (Å²) in [5.41, 5.74) is 1.94. The lowest BCUT2D eigenvalue weighted by Gasteiger charge is -2.10. The predicted molar refractivity (Wildman–Crippen MR) is 89.9 cm³/mol. The Kier molecular flexibility index (Phi) is 6.22. The minimum Gasteiger partial charge on any atom is -0.376 e. The van der Waals surface area contributed by atoms with Crippen molar-refractivity contribution in [3.05, 3.63) is 57.8 Å². The number of carbonyl (C=O) groups is 1. The summed E-state index contributed by atoms with van der Waals surface area (Å²) < 4.78 is 37.8. The maximum atomic E-state index is 12.6. The molecule has 0 radical (unpaired) electrons. The van der Waals surface area contributed by atoms with Gasteiger partial charge in [0.25, 0.3) is 5.91 Å². The fourth-order valence-corrected chi connectivity index (χ4v) is 2.20. The van der Waals surface area contributed by atoms with Crippen molar-refractivity contribution in [1.29, 1.82) is 0 Å². The number of nitrogens with zero attached hydrogens (tertiary/aromatic N) is 2. The standard InChI is InChI=1S/C15H11Cl2F3N4O/c16-12-6-21-7-13(17)11(12)5-23-24-14(25)8-22-10-3-1-2-9(4-10)15(18,19)20/h1-7,22H,8H2,(H,24,25)/b23-5+. The average molecular weight is 391 g/mol. The molecular formula is C15H11Cl2F3N4O. The Morgan fingerprint density at radius 2 is 1.92 bits per heavy atom. The fourth-order valence-electron chi connectivity index (χ4n) is 1.74. The van der Waals surface area contributed by atoms with Crippen molar-refractivity contribution in [3.8, 4) is 0 Å². The van der Waals surface area contributed by atoms with Gasteiger partial charge in [-0.1, -0.05) is 29.3 Å². The van der Waals surface area contributed by atoms with E-state index in [1.165, 1.54) is 30.7 Å². The molecule has 1 amide bonds. The number of hydrogen-bond acceptors (Lipinski definition) is 4. The van der Waals surface area contributed by atoms with Gasteiger partial charge in [0, 0.05) is 23.6 Å². The molecular weight excluding hydrogens is 380 g/mol. The molecule has 0 saturated heterocycles. The van der Waals surface area contributed by atoms with Crippen LogP contribution in [0.15, 0.2) is 41.8 Å². The SMILES string of the molecule is O=C(CNc1cccc(C(F)(F)F)c1)N/N=C/c1c(Cl)cncc1Cl. The molecule has 0 atom stereocenters. The molecule has 132 valence electrons. The summed E-state index contributed by atoms with van der Waals surface area (Å²) in [4.78, 5) is 15.4. The van der Waals surface area contributed by atoms with Crippen LogP contribution >= 0.6 is 23.2 Å². The molecule has 1 heterocycles. The average Bonchev–Trinajstić information content (AvgIpc) is 2.55. The molecule has 1 aromatic carbocycles. The number of rotatable bonds is 5. The summed E-state index contributed by atoms with van der Waals surface area (Å²) in [5.74, 6) is -0.560. The topological polar surface area (TPSA) is 66.4 Å². The second kappa shape index (κ2) is 8.17. The number of anilines is 1. The van der Waals surface area contributed by atoms with Gasteiger partial charge in [0.1, 0.15) is 0 Å². The zero-order chi connectivity index (χ0) is 18.4. The van der Waals surface area contributed by atoms with E-state index in [4.69, 9.17) is 23.2 Å². The summed E-state index contributed by atoms with van der Waals surface area (Å²) in [6.07, 6.45) is -0.473. The number of benzene rings is 1. The maximum absolute atomic E-state index is 12.6. The van der Waals surface area contributed by atoms with Crippen molar-refractivity contribution in [2.45, 2.75) is 6.18 Å². The number of amides is 1. The van der Waals surface area contributed by atoms with E-state index in [1.54, 1.807) is 0 Å². The monoisotopic (exact) mass is 390 g/mol. The van der Waals surface area contributed by atoms with Crippen LogP contribution in [-0.2, 0) is 11.0 Å². The summed E-state index contributed by atoms with van der Waals surface area (Å²) in [7, 11) is 0. The highest BCUT2D eigenvalue weighted by molar-refractivity contribution is 6.38. The Labute approximate surface area is 150 Å². The zero-order valence-corrected chi connectivity index (χ0v) is 14.0. The molecule has 1 aromatic heterocycles.